The summed E-state index contributed by atoms with van der Waals surface area (Å²) in [4.78, 5) is 0. The molecule has 1 saturated heterocycles. The molecule has 2 heteroatoms. The first-order valence-electron chi connectivity index (χ1n) is 6.02. The Balaban J connectivity index is 1.96. The average Bonchev–Trinajstić information content (AvgIpc) is 3.02. The van der Waals surface area contributed by atoms with Crippen LogP contribution in [-0.2, 0) is 11.2 Å². The fourth-order valence-corrected chi connectivity index (χ4v) is 2.66. The van der Waals surface area contributed by atoms with Gasteiger partial charge in [-0.25, -0.2) is 0 Å². The first kappa shape index (κ1) is 12.1. The van der Waals surface area contributed by atoms with Crippen LogP contribution in [0, 0.1) is 12.8 Å². The second-order valence-corrected chi connectivity index (χ2v) is 5.67. The maximum absolute atomic E-state index is 5.64. The van der Waals surface area contributed by atoms with E-state index in [2.05, 4.69) is 54.9 Å². The normalized spacial score (nSPS) is 25.5. The predicted octanol–water partition coefficient (Wildman–Crippen LogP) is 4.11. The molecule has 1 aliphatic heterocycles. The van der Waals surface area contributed by atoms with E-state index >= 15 is 0 Å². The van der Waals surface area contributed by atoms with Crippen LogP contribution >= 0.6 is 15.9 Å². The first-order valence-corrected chi connectivity index (χ1v) is 6.81. The topological polar surface area (TPSA) is 12.5 Å². The Morgan fingerprint density at radius 3 is 2.75 bits per heavy atom. The second kappa shape index (κ2) is 4.89. The van der Waals surface area contributed by atoms with Crippen molar-refractivity contribution in [1.29, 1.82) is 0 Å². The van der Waals surface area contributed by atoms with Gasteiger partial charge < -0.3 is 4.74 Å². The van der Waals surface area contributed by atoms with Crippen LogP contribution in [0.3, 0.4) is 0 Å². The lowest BCUT2D eigenvalue weighted by Crippen LogP contribution is -2.09. The number of hydrogen-bond donors (Lipinski definition) is 0. The van der Waals surface area contributed by atoms with Crippen molar-refractivity contribution >= 4 is 15.9 Å². The largest absolute Gasteiger partial charge is 0.369 e. The van der Waals surface area contributed by atoms with Gasteiger partial charge in [-0.15, -0.1) is 0 Å². The molecule has 0 saturated carbocycles. The highest BCUT2D eigenvalue weighted by Gasteiger charge is 2.40. The van der Waals surface area contributed by atoms with E-state index in [0.717, 1.165) is 12.8 Å². The molecule has 1 nitrogen and oxygen atoms in total. The zero-order valence-electron chi connectivity index (χ0n) is 10.2. The van der Waals surface area contributed by atoms with Crippen LogP contribution < -0.4 is 0 Å². The Bertz CT molecular complexity index is 375. The van der Waals surface area contributed by atoms with E-state index in [4.69, 9.17) is 4.74 Å². The van der Waals surface area contributed by atoms with Gasteiger partial charge in [0.1, 0.15) is 0 Å². The van der Waals surface area contributed by atoms with Crippen LogP contribution in [0.1, 0.15) is 31.4 Å². The fourth-order valence-electron chi connectivity index (χ4n) is 2.24. The number of aryl methyl sites for hydroxylation is 1. The molecule has 0 amide bonds. The molecule has 0 spiro atoms. The second-order valence-electron chi connectivity index (χ2n) is 4.81. The van der Waals surface area contributed by atoms with Gasteiger partial charge in [0, 0.05) is 4.47 Å². The van der Waals surface area contributed by atoms with Crippen molar-refractivity contribution in [2.24, 2.45) is 5.92 Å². The van der Waals surface area contributed by atoms with Crippen LogP contribution in [0.4, 0.5) is 0 Å². The van der Waals surface area contributed by atoms with Crippen molar-refractivity contribution in [2.75, 3.05) is 0 Å². The standard InChI is InChI=1S/C14H19BrO/c1-4-13-14(16-13)10(3)7-11-6-5-9(2)12(15)8-11/h5-6,8,10,13-14H,4,7H2,1-3H3. The monoisotopic (exact) mass is 282 g/mol. The molecule has 1 heterocycles. The van der Waals surface area contributed by atoms with Crippen molar-refractivity contribution < 1.29 is 4.74 Å². The van der Waals surface area contributed by atoms with Crippen LogP contribution in [0.5, 0.6) is 0 Å². The SMILES string of the molecule is CCC1OC1C(C)Cc1ccc(C)c(Br)c1. The van der Waals surface area contributed by atoms with Gasteiger partial charge in [0.25, 0.3) is 0 Å². The zero-order chi connectivity index (χ0) is 11.7. The van der Waals surface area contributed by atoms with E-state index in [1.54, 1.807) is 0 Å². The minimum absolute atomic E-state index is 0.491. The van der Waals surface area contributed by atoms with Gasteiger partial charge in [-0.05, 0) is 42.9 Å². The Kier molecular flexibility index (Phi) is 3.70. The maximum Gasteiger partial charge on any atom is 0.0870 e. The number of rotatable bonds is 4. The van der Waals surface area contributed by atoms with Crippen molar-refractivity contribution in [3.8, 4) is 0 Å². The summed E-state index contributed by atoms with van der Waals surface area (Å²) in [6.45, 7) is 6.60. The van der Waals surface area contributed by atoms with E-state index in [0.29, 0.717) is 18.1 Å². The number of halogens is 1. The number of epoxide rings is 1. The molecule has 1 aliphatic rings. The quantitative estimate of drug-likeness (QED) is 0.757. The van der Waals surface area contributed by atoms with E-state index < -0.39 is 0 Å². The number of hydrogen-bond acceptors (Lipinski definition) is 1. The van der Waals surface area contributed by atoms with Crippen LogP contribution in [0.2, 0.25) is 0 Å². The number of benzene rings is 1. The summed E-state index contributed by atoms with van der Waals surface area (Å²) in [7, 11) is 0. The van der Waals surface area contributed by atoms with E-state index in [-0.39, 0.29) is 0 Å². The van der Waals surface area contributed by atoms with E-state index in [1.165, 1.54) is 15.6 Å². The maximum atomic E-state index is 5.64. The summed E-state index contributed by atoms with van der Waals surface area (Å²) in [6.07, 6.45) is 3.26. The smallest absolute Gasteiger partial charge is 0.0870 e. The molecule has 0 aliphatic carbocycles. The molecule has 0 radical (unpaired) electrons. The van der Waals surface area contributed by atoms with E-state index in [1.807, 2.05) is 0 Å². The predicted molar refractivity (Wildman–Crippen MR) is 70.7 cm³/mol. The zero-order valence-corrected chi connectivity index (χ0v) is 11.8. The van der Waals surface area contributed by atoms with Gasteiger partial charge >= 0.3 is 0 Å². The number of ether oxygens (including phenoxy) is 1. The highest BCUT2D eigenvalue weighted by Crippen LogP contribution is 2.33. The highest BCUT2D eigenvalue weighted by molar-refractivity contribution is 9.10. The van der Waals surface area contributed by atoms with Gasteiger partial charge in [-0.1, -0.05) is 41.9 Å². The molecule has 1 aromatic carbocycles. The lowest BCUT2D eigenvalue weighted by molar-refractivity contribution is 0.322. The van der Waals surface area contributed by atoms with Gasteiger partial charge in [0.05, 0.1) is 12.2 Å². The van der Waals surface area contributed by atoms with Gasteiger partial charge in [-0.3, -0.25) is 0 Å². The molecular formula is C14H19BrO. The molecule has 3 unspecified atom stereocenters. The third-order valence-electron chi connectivity index (χ3n) is 3.38. The lowest BCUT2D eigenvalue weighted by Gasteiger charge is -2.09. The van der Waals surface area contributed by atoms with Crippen molar-refractivity contribution in [2.45, 2.75) is 45.8 Å². The third kappa shape index (κ3) is 2.67. The van der Waals surface area contributed by atoms with E-state index in [9.17, 15) is 0 Å². The van der Waals surface area contributed by atoms with Crippen molar-refractivity contribution in [3.05, 3.63) is 33.8 Å². The lowest BCUT2D eigenvalue weighted by atomic mass is 9.95. The highest BCUT2D eigenvalue weighted by atomic mass is 79.9. The molecule has 88 valence electrons. The molecule has 16 heavy (non-hydrogen) atoms. The Morgan fingerprint density at radius 1 is 1.44 bits per heavy atom. The molecular weight excluding hydrogens is 264 g/mol. The van der Waals surface area contributed by atoms with Crippen molar-refractivity contribution in [3.63, 3.8) is 0 Å². The van der Waals surface area contributed by atoms with Gasteiger partial charge in [0.15, 0.2) is 0 Å². The van der Waals surface area contributed by atoms with Crippen LogP contribution in [0.15, 0.2) is 22.7 Å². The summed E-state index contributed by atoms with van der Waals surface area (Å²) in [6, 6.07) is 6.63. The van der Waals surface area contributed by atoms with Gasteiger partial charge in [-0.2, -0.15) is 0 Å². The molecule has 1 aromatic rings. The molecule has 0 N–H and O–H groups in total. The minimum atomic E-state index is 0.491. The van der Waals surface area contributed by atoms with Crippen LogP contribution in [-0.4, -0.2) is 12.2 Å². The summed E-state index contributed by atoms with van der Waals surface area (Å²) in [5.41, 5.74) is 2.70. The Hall–Kier alpha value is -0.340. The Labute approximate surface area is 106 Å². The van der Waals surface area contributed by atoms with Gasteiger partial charge in [0.2, 0.25) is 0 Å². The van der Waals surface area contributed by atoms with Crippen molar-refractivity contribution in [1.82, 2.24) is 0 Å². The summed E-state index contributed by atoms with van der Waals surface area (Å²) >= 11 is 3.58. The van der Waals surface area contributed by atoms with Crippen LogP contribution in [0.25, 0.3) is 0 Å². The summed E-state index contributed by atoms with van der Waals surface area (Å²) in [5, 5.41) is 0. The molecule has 1 fully saturated rings. The molecule has 0 aromatic heterocycles. The first-order chi connectivity index (χ1) is 7.61. The Morgan fingerprint density at radius 2 is 2.19 bits per heavy atom. The summed E-state index contributed by atoms with van der Waals surface area (Å²) < 4.78 is 6.85. The minimum Gasteiger partial charge on any atom is -0.369 e. The average molecular weight is 283 g/mol. The third-order valence-corrected chi connectivity index (χ3v) is 4.23. The molecule has 2 rings (SSSR count). The molecule has 3 atom stereocenters. The fraction of sp³-hybridized carbons (Fsp3) is 0.571. The molecule has 0 bridgehead atoms. The summed E-state index contributed by atoms with van der Waals surface area (Å²) in [5.74, 6) is 0.625.